The van der Waals surface area contributed by atoms with Crippen LogP contribution in [0.1, 0.15) is 66.1 Å². The van der Waals surface area contributed by atoms with Gasteiger partial charge in [0.15, 0.2) is 0 Å². The maximum absolute atomic E-state index is 15.2. The van der Waals surface area contributed by atoms with Gasteiger partial charge in [-0.05, 0) is 84.4 Å². The fourth-order valence-corrected chi connectivity index (χ4v) is 4.67. The lowest BCUT2D eigenvalue weighted by molar-refractivity contribution is 0.572. The molecule has 0 aliphatic heterocycles. The van der Waals surface area contributed by atoms with Gasteiger partial charge in [0, 0.05) is 17.3 Å². The molecule has 0 amide bonds. The number of halogens is 3. The third-order valence-corrected chi connectivity index (χ3v) is 6.87. The van der Waals surface area contributed by atoms with Crippen LogP contribution in [0.2, 0.25) is 0 Å². The summed E-state index contributed by atoms with van der Waals surface area (Å²) in [6.45, 7) is 2.22. The van der Waals surface area contributed by atoms with Crippen molar-refractivity contribution >= 4 is 10.8 Å². The predicted octanol–water partition coefficient (Wildman–Crippen LogP) is 8.22. The van der Waals surface area contributed by atoms with Crippen LogP contribution in [0.15, 0.2) is 60.8 Å². The Labute approximate surface area is 216 Å². The van der Waals surface area contributed by atoms with E-state index in [2.05, 4.69) is 24.0 Å². The molecule has 0 bridgehead atoms. The molecule has 37 heavy (non-hydrogen) atoms. The maximum atomic E-state index is 15.2. The van der Waals surface area contributed by atoms with Crippen LogP contribution in [0.25, 0.3) is 10.8 Å². The first-order valence-corrected chi connectivity index (χ1v) is 13.0. The van der Waals surface area contributed by atoms with Gasteiger partial charge in [-0.25, -0.2) is 13.2 Å². The minimum Gasteiger partial charge on any atom is -0.261 e. The maximum Gasteiger partial charge on any atom is 0.144 e. The van der Waals surface area contributed by atoms with E-state index in [1.807, 2.05) is 24.4 Å². The fraction of sp³-hybridized carbons (Fsp3) is 0.312. The van der Waals surface area contributed by atoms with Gasteiger partial charge in [-0.1, -0.05) is 62.6 Å². The molecule has 3 aromatic carbocycles. The molecule has 0 spiro atoms. The third-order valence-electron chi connectivity index (χ3n) is 6.87. The normalized spacial score (nSPS) is 11.1. The molecule has 0 N–H and O–H groups in total. The molecule has 1 heterocycles. The van der Waals surface area contributed by atoms with Crippen molar-refractivity contribution in [1.29, 1.82) is 5.26 Å². The number of benzene rings is 3. The second-order valence-electron chi connectivity index (χ2n) is 9.61. The van der Waals surface area contributed by atoms with Crippen molar-refractivity contribution in [2.24, 2.45) is 0 Å². The number of nitriles is 1. The average Bonchev–Trinajstić information content (AvgIpc) is 2.90. The van der Waals surface area contributed by atoms with E-state index >= 15 is 4.39 Å². The number of rotatable bonds is 11. The summed E-state index contributed by atoms with van der Waals surface area (Å²) < 4.78 is 43.0. The molecule has 2 nitrogen and oxygen atoms in total. The summed E-state index contributed by atoms with van der Waals surface area (Å²) in [5, 5.41) is 10.2. The number of aryl methyl sites for hydroxylation is 5. The van der Waals surface area contributed by atoms with E-state index in [1.165, 1.54) is 37.3 Å². The van der Waals surface area contributed by atoms with Crippen LogP contribution in [0.3, 0.4) is 0 Å². The lowest BCUT2D eigenvalue weighted by atomic mass is 9.97. The zero-order chi connectivity index (χ0) is 26.2. The van der Waals surface area contributed by atoms with E-state index in [1.54, 1.807) is 12.1 Å². The summed E-state index contributed by atoms with van der Waals surface area (Å²) in [5.74, 6) is -2.09. The van der Waals surface area contributed by atoms with E-state index in [4.69, 9.17) is 5.26 Å². The summed E-state index contributed by atoms with van der Waals surface area (Å²) in [4.78, 5) is 4.62. The van der Waals surface area contributed by atoms with Crippen molar-refractivity contribution in [3.05, 3.63) is 112 Å². The number of pyridine rings is 1. The Balaban J connectivity index is 1.37. The molecule has 0 saturated heterocycles. The molecule has 1 aromatic heterocycles. The van der Waals surface area contributed by atoms with Crippen molar-refractivity contribution in [2.45, 2.75) is 64.7 Å². The van der Waals surface area contributed by atoms with Gasteiger partial charge >= 0.3 is 0 Å². The van der Waals surface area contributed by atoms with E-state index in [0.717, 1.165) is 48.0 Å². The molecule has 0 unspecified atom stereocenters. The van der Waals surface area contributed by atoms with E-state index in [0.29, 0.717) is 22.9 Å². The first kappa shape index (κ1) is 26.4. The number of aromatic nitrogens is 1. The standard InChI is InChI=1S/C32H31F3N2/c1-2-3-4-5-6-23-9-15-27(37-21-23)14-8-22-10-16-28-26(17-22)13-12-25(32(28)35)11-7-24-18-30(33)29(20-36)31(34)19-24/h9-10,12-13,15-19,21H,2-8,11,14H2,1H3. The van der Waals surface area contributed by atoms with Crippen molar-refractivity contribution in [2.75, 3.05) is 0 Å². The van der Waals surface area contributed by atoms with Gasteiger partial charge in [0.2, 0.25) is 0 Å². The molecule has 0 atom stereocenters. The molecule has 0 aliphatic carbocycles. The first-order chi connectivity index (χ1) is 18.0. The molecule has 4 rings (SSSR count). The van der Waals surface area contributed by atoms with Gasteiger partial charge < -0.3 is 0 Å². The smallest absolute Gasteiger partial charge is 0.144 e. The minimum absolute atomic E-state index is 0.268. The van der Waals surface area contributed by atoms with Crippen molar-refractivity contribution < 1.29 is 13.2 Å². The number of unbranched alkanes of at least 4 members (excludes halogenated alkanes) is 3. The van der Waals surface area contributed by atoms with Crippen LogP contribution >= 0.6 is 0 Å². The molecule has 0 aliphatic rings. The topological polar surface area (TPSA) is 36.7 Å². The van der Waals surface area contributed by atoms with Gasteiger partial charge in [0.1, 0.15) is 29.1 Å². The Morgan fingerprint density at radius 2 is 1.49 bits per heavy atom. The molecular formula is C32H31F3N2. The van der Waals surface area contributed by atoms with Crippen LogP contribution in [-0.2, 0) is 32.1 Å². The Morgan fingerprint density at radius 1 is 0.730 bits per heavy atom. The zero-order valence-electron chi connectivity index (χ0n) is 21.2. The SMILES string of the molecule is CCCCCCc1ccc(CCc2ccc3c(F)c(CCc4cc(F)c(C#N)c(F)c4)ccc3c2)nc1. The molecule has 190 valence electrons. The minimum atomic E-state index is -0.891. The number of hydrogen-bond acceptors (Lipinski definition) is 2. The molecule has 0 radical (unpaired) electrons. The molecule has 4 aromatic rings. The van der Waals surface area contributed by atoms with Gasteiger partial charge in [-0.3, -0.25) is 4.98 Å². The Hall–Kier alpha value is -3.65. The Morgan fingerprint density at radius 3 is 2.19 bits per heavy atom. The molecular weight excluding hydrogens is 469 g/mol. The van der Waals surface area contributed by atoms with Crippen molar-refractivity contribution in [3.63, 3.8) is 0 Å². The van der Waals surface area contributed by atoms with Gasteiger partial charge in [-0.2, -0.15) is 5.26 Å². The highest BCUT2D eigenvalue weighted by atomic mass is 19.1. The Bertz CT molecular complexity index is 1380. The number of fused-ring (bicyclic) bond motifs is 1. The second-order valence-corrected chi connectivity index (χ2v) is 9.61. The molecule has 0 saturated carbocycles. The largest absolute Gasteiger partial charge is 0.261 e. The third kappa shape index (κ3) is 6.77. The highest BCUT2D eigenvalue weighted by Gasteiger charge is 2.13. The van der Waals surface area contributed by atoms with E-state index in [9.17, 15) is 8.78 Å². The summed E-state index contributed by atoms with van der Waals surface area (Å²) in [7, 11) is 0. The zero-order valence-corrected chi connectivity index (χ0v) is 21.2. The van der Waals surface area contributed by atoms with Crippen LogP contribution in [-0.4, -0.2) is 4.98 Å². The summed E-state index contributed by atoms with van der Waals surface area (Å²) in [5.41, 5.74) is 3.74. The molecule has 5 heteroatoms. The summed E-state index contributed by atoms with van der Waals surface area (Å²) in [6, 6.07) is 17.5. The number of hydrogen-bond donors (Lipinski definition) is 0. The van der Waals surface area contributed by atoms with Gasteiger partial charge in [0.25, 0.3) is 0 Å². The Kier molecular flexibility index (Phi) is 8.95. The fourth-order valence-electron chi connectivity index (χ4n) is 4.67. The van der Waals surface area contributed by atoms with E-state index in [-0.39, 0.29) is 12.2 Å². The summed E-state index contributed by atoms with van der Waals surface area (Å²) >= 11 is 0. The van der Waals surface area contributed by atoms with Gasteiger partial charge in [-0.15, -0.1) is 0 Å². The van der Waals surface area contributed by atoms with Crippen LogP contribution < -0.4 is 0 Å². The van der Waals surface area contributed by atoms with Crippen molar-refractivity contribution in [3.8, 4) is 6.07 Å². The average molecular weight is 501 g/mol. The van der Waals surface area contributed by atoms with Crippen LogP contribution in [0.5, 0.6) is 0 Å². The van der Waals surface area contributed by atoms with Crippen LogP contribution in [0.4, 0.5) is 13.2 Å². The van der Waals surface area contributed by atoms with Crippen LogP contribution in [0, 0.1) is 28.8 Å². The first-order valence-electron chi connectivity index (χ1n) is 13.0. The van der Waals surface area contributed by atoms with E-state index < -0.39 is 17.2 Å². The quantitative estimate of drug-likeness (QED) is 0.195. The number of nitrogens with zero attached hydrogens (tertiary/aromatic N) is 2. The van der Waals surface area contributed by atoms with Gasteiger partial charge in [0.05, 0.1) is 0 Å². The highest BCUT2D eigenvalue weighted by molar-refractivity contribution is 5.84. The lowest BCUT2D eigenvalue weighted by Gasteiger charge is -2.10. The van der Waals surface area contributed by atoms with Crippen molar-refractivity contribution in [1.82, 2.24) is 4.98 Å². The monoisotopic (exact) mass is 500 g/mol. The second kappa shape index (κ2) is 12.5. The molecule has 0 fully saturated rings. The predicted molar refractivity (Wildman–Crippen MR) is 142 cm³/mol. The summed E-state index contributed by atoms with van der Waals surface area (Å²) in [6.07, 6.45) is 10.3. The lowest BCUT2D eigenvalue weighted by Crippen LogP contribution is -2.00. The highest BCUT2D eigenvalue weighted by Crippen LogP contribution is 2.25.